The van der Waals surface area contributed by atoms with Crippen LogP contribution >= 0.6 is 0 Å². The third-order valence-electron chi connectivity index (χ3n) is 2.93. The Morgan fingerprint density at radius 2 is 2.00 bits per heavy atom. The summed E-state index contributed by atoms with van der Waals surface area (Å²) in [5, 5.41) is 3.55. The van der Waals surface area contributed by atoms with E-state index in [4.69, 9.17) is 4.74 Å². The molecule has 0 amide bonds. The summed E-state index contributed by atoms with van der Waals surface area (Å²) in [4.78, 5) is 2.17. The number of anilines is 1. The molecule has 0 bridgehead atoms. The van der Waals surface area contributed by atoms with Gasteiger partial charge in [-0.3, -0.25) is 0 Å². The van der Waals surface area contributed by atoms with E-state index in [1.54, 1.807) is 7.11 Å². The highest BCUT2D eigenvalue weighted by Crippen LogP contribution is 2.15. The number of benzene rings is 1. The topological polar surface area (TPSA) is 24.5 Å². The van der Waals surface area contributed by atoms with Crippen LogP contribution in [0.2, 0.25) is 0 Å². The number of ether oxygens (including phenoxy) is 1. The van der Waals surface area contributed by atoms with E-state index < -0.39 is 0 Å². The fraction of sp³-hybridized carbons (Fsp3) is 0.600. The highest BCUT2D eigenvalue weighted by Gasteiger charge is 2.12. The van der Waals surface area contributed by atoms with E-state index in [0.29, 0.717) is 12.0 Å². The molecule has 0 spiro atoms. The zero-order valence-electron chi connectivity index (χ0n) is 12.2. The van der Waals surface area contributed by atoms with Gasteiger partial charge >= 0.3 is 0 Å². The second kappa shape index (κ2) is 7.39. The van der Waals surface area contributed by atoms with E-state index in [1.165, 1.54) is 11.3 Å². The molecule has 0 aliphatic heterocycles. The van der Waals surface area contributed by atoms with Gasteiger partial charge in [0.15, 0.2) is 0 Å². The van der Waals surface area contributed by atoms with Crippen LogP contribution in [0.5, 0.6) is 0 Å². The van der Waals surface area contributed by atoms with Crippen molar-refractivity contribution in [3.63, 3.8) is 0 Å². The van der Waals surface area contributed by atoms with Gasteiger partial charge in [-0.15, -0.1) is 0 Å². The van der Waals surface area contributed by atoms with Crippen LogP contribution in [0.25, 0.3) is 0 Å². The summed E-state index contributed by atoms with van der Waals surface area (Å²) in [7, 11) is 5.92. The molecule has 3 nitrogen and oxygen atoms in total. The Kier molecular flexibility index (Phi) is 6.16. The molecule has 1 atom stereocenters. The zero-order chi connectivity index (χ0) is 13.5. The number of methoxy groups -OCH3 is 1. The van der Waals surface area contributed by atoms with Crippen LogP contribution in [0, 0.1) is 5.92 Å². The maximum absolute atomic E-state index is 5.26. The Hall–Kier alpha value is -1.06. The van der Waals surface area contributed by atoms with Gasteiger partial charge in [-0.25, -0.2) is 0 Å². The average Bonchev–Trinajstić information content (AvgIpc) is 2.28. The molecule has 0 aliphatic rings. The molecule has 0 heterocycles. The molecular formula is C15H26N2O. The highest BCUT2D eigenvalue weighted by atomic mass is 16.5. The van der Waals surface area contributed by atoms with Crippen molar-refractivity contribution in [3.05, 3.63) is 29.8 Å². The molecule has 0 aliphatic carbocycles. The number of hydrogen-bond acceptors (Lipinski definition) is 3. The summed E-state index contributed by atoms with van der Waals surface area (Å²) >= 11 is 0. The van der Waals surface area contributed by atoms with E-state index in [-0.39, 0.29) is 0 Å². The van der Waals surface area contributed by atoms with Gasteiger partial charge in [0.2, 0.25) is 0 Å². The second-order valence-corrected chi connectivity index (χ2v) is 5.39. The first-order chi connectivity index (χ1) is 8.52. The monoisotopic (exact) mass is 250 g/mol. The summed E-state index contributed by atoms with van der Waals surface area (Å²) in [6.45, 7) is 6.11. The molecule has 102 valence electrons. The molecule has 1 unspecified atom stereocenters. The van der Waals surface area contributed by atoms with Gasteiger partial charge < -0.3 is 15.0 Å². The predicted molar refractivity (Wildman–Crippen MR) is 78.0 cm³/mol. The van der Waals surface area contributed by atoms with E-state index in [1.807, 2.05) is 0 Å². The molecule has 1 N–H and O–H groups in total. The Morgan fingerprint density at radius 1 is 1.28 bits per heavy atom. The van der Waals surface area contributed by atoms with Crippen LogP contribution in [0.15, 0.2) is 24.3 Å². The molecular weight excluding hydrogens is 224 g/mol. The van der Waals surface area contributed by atoms with Crippen molar-refractivity contribution in [3.8, 4) is 0 Å². The van der Waals surface area contributed by atoms with E-state index in [9.17, 15) is 0 Å². The maximum Gasteiger partial charge on any atom is 0.0666 e. The van der Waals surface area contributed by atoms with Crippen LogP contribution in [-0.4, -0.2) is 38.8 Å². The summed E-state index contributed by atoms with van der Waals surface area (Å²) in [6.07, 6.45) is 0. The lowest BCUT2D eigenvalue weighted by Gasteiger charge is -2.23. The molecule has 0 radical (unpaired) electrons. The summed E-state index contributed by atoms with van der Waals surface area (Å²) in [6, 6.07) is 8.94. The molecule has 0 fully saturated rings. The van der Waals surface area contributed by atoms with Crippen molar-refractivity contribution >= 4 is 5.69 Å². The van der Waals surface area contributed by atoms with Gasteiger partial charge in [-0.2, -0.15) is 0 Å². The van der Waals surface area contributed by atoms with Crippen LogP contribution in [-0.2, 0) is 11.3 Å². The normalized spacial score (nSPS) is 13.1. The fourth-order valence-electron chi connectivity index (χ4n) is 1.92. The Bertz CT molecular complexity index is 350. The Balaban J connectivity index is 2.70. The minimum absolute atomic E-state index is 0.351. The van der Waals surface area contributed by atoms with Gasteiger partial charge in [-0.1, -0.05) is 26.0 Å². The second-order valence-electron chi connectivity index (χ2n) is 5.39. The summed E-state index contributed by atoms with van der Waals surface area (Å²) in [5.41, 5.74) is 2.50. The van der Waals surface area contributed by atoms with Crippen LogP contribution < -0.4 is 5.32 Å². The molecule has 18 heavy (non-hydrogen) atoms. The minimum Gasteiger partial charge on any atom is -0.383 e. The van der Waals surface area contributed by atoms with Crippen molar-refractivity contribution in [2.45, 2.75) is 26.4 Å². The van der Waals surface area contributed by atoms with Gasteiger partial charge in [0.1, 0.15) is 0 Å². The summed E-state index contributed by atoms with van der Waals surface area (Å²) < 4.78 is 5.26. The first kappa shape index (κ1) is 15.0. The van der Waals surface area contributed by atoms with Crippen molar-refractivity contribution in [1.29, 1.82) is 0 Å². The predicted octanol–water partition coefficient (Wildman–Crippen LogP) is 2.83. The first-order valence-corrected chi connectivity index (χ1v) is 6.52. The smallest absolute Gasteiger partial charge is 0.0666 e. The third-order valence-corrected chi connectivity index (χ3v) is 2.93. The van der Waals surface area contributed by atoms with Crippen LogP contribution in [0.1, 0.15) is 19.4 Å². The van der Waals surface area contributed by atoms with Crippen molar-refractivity contribution < 1.29 is 4.74 Å². The quantitative estimate of drug-likeness (QED) is 0.805. The molecule has 3 heteroatoms. The first-order valence-electron chi connectivity index (χ1n) is 6.52. The van der Waals surface area contributed by atoms with E-state index >= 15 is 0 Å². The third kappa shape index (κ3) is 5.07. The Labute approximate surface area is 111 Å². The SMILES string of the molecule is COCC(Nc1cccc(CN(C)C)c1)C(C)C. The molecule has 0 saturated heterocycles. The highest BCUT2D eigenvalue weighted by molar-refractivity contribution is 5.46. The molecule has 1 rings (SSSR count). The molecule has 0 aromatic heterocycles. The van der Waals surface area contributed by atoms with Gasteiger partial charge in [0.05, 0.1) is 12.6 Å². The van der Waals surface area contributed by atoms with Crippen LogP contribution in [0.3, 0.4) is 0 Å². The van der Waals surface area contributed by atoms with Crippen molar-refractivity contribution in [1.82, 2.24) is 4.90 Å². The number of hydrogen-bond donors (Lipinski definition) is 1. The average molecular weight is 250 g/mol. The summed E-state index contributed by atoms with van der Waals surface area (Å²) in [5.74, 6) is 0.544. The largest absolute Gasteiger partial charge is 0.383 e. The molecule has 1 aromatic rings. The standard InChI is InChI=1S/C15H26N2O/c1-12(2)15(11-18-5)16-14-8-6-7-13(9-14)10-17(3)4/h6-9,12,15-16H,10-11H2,1-5H3. The lowest BCUT2D eigenvalue weighted by molar-refractivity contribution is 0.171. The number of nitrogens with one attached hydrogen (secondary N) is 1. The van der Waals surface area contributed by atoms with Gasteiger partial charge in [0, 0.05) is 19.3 Å². The van der Waals surface area contributed by atoms with Crippen molar-refractivity contribution in [2.75, 3.05) is 33.1 Å². The molecule has 1 aromatic carbocycles. The van der Waals surface area contributed by atoms with E-state index in [2.05, 4.69) is 62.4 Å². The van der Waals surface area contributed by atoms with E-state index in [0.717, 1.165) is 13.2 Å². The number of rotatable bonds is 7. The minimum atomic E-state index is 0.351. The maximum atomic E-state index is 5.26. The lowest BCUT2D eigenvalue weighted by atomic mass is 10.0. The van der Waals surface area contributed by atoms with Gasteiger partial charge in [-0.05, 0) is 37.7 Å². The van der Waals surface area contributed by atoms with Gasteiger partial charge in [0.25, 0.3) is 0 Å². The van der Waals surface area contributed by atoms with Crippen LogP contribution in [0.4, 0.5) is 5.69 Å². The Morgan fingerprint density at radius 3 is 2.56 bits per heavy atom. The number of nitrogens with zero attached hydrogens (tertiary/aromatic N) is 1. The lowest BCUT2D eigenvalue weighted by Crippen LogP contribution is -2.30. The zero-order valence-corrected chi connectivity index (χ0v) is 12.2. The molecule has 0 saturated carbocycles. The van der Waals surface area contributed by atoms with Crippen molar-refractivity contribution in [2.24, 2.45) is 5.92 Å². The fourth-order valence-corrected chi connectivity index (χ4v) is 1.92.